The first-order valence-corrected chi connectivity index (χ1v) is 9.13. The van der Waals surface area contributed by atoms with E-state index in [-0.39, 0.29) is 18.3 Å². The summed E-state index contributed by atoms with van der Waals surface area (Å²) in [4.78, 5) is 26.4. The SMILES string of the molecule is CCCCOCCCN(CCC(=O)OCC)C(=O)c1cccs1. The first kappa shape index (κ1) is 19.6. The van der Waals surface area contributed by atoms with E-state index < -0.39 is 0 Å². The summed E-state index contributed by atoms with van der Waals surface area (Å²) in [5.41, 5.74) is 0. The van der Waals surface area contributed by atoms with E-state index in [0.717, 1.165) is 25.9 Å². The normalized spacial score (nSPS) is 10.5. The van der Waals surface area contributed by atoms with Crippen LogP contribution in [0.25, 0.3) is 0 Å². The van der Waals surface area contributed by atoms with Gasteiger partial charge >= 0.3 is 5.97 Å². The van der Waals surface area contributed by atoms with Crippen molar-refractivity contribution in [2.24, 2.45) is 0 Å². The molecule has 0 radical (unpaired) electrons. The molecule has 1 aromatic rings. The lowest BCUT2D eigenvalue weighted by atomic mass is 10.3. The summed E-state index contributed by atoms with van der Waals surface area (Å²) in [6.45, 7) is 6.63. The highest BCUT2D eigenvalue weighted by atomic mass is 32.1. The number of amides is 1. The van der Waals surface area contributed by atoms with Gasteiger partial charge in [0.15, 0.2) is 0 Å². The van der Waals surface area contributed by atoms with Crippen molar-refractivity contribution in [3.63, 3.8) is 0 Å². The zero-order chi connectivity index (χ0) is 16.9. The van der Waals surface area contributed by atoms with E-state index >= 15 is 0 Å². The molecule has 1 aromatic heterocycles. The monoisotopic (exact) mass is 341 g/mol. The molecule has 1 rings (SSSR count). The van der Waals surface area contributed by atoms with Gasteiger partial charge in [0, 0.05) is 26.3 Å². The van der Waals surface area contributed by atoms with E-state index in [1.807, 2.05) is 17.5 Å². The average molecular weight is 341 g/mol. The lowest BCUT2D eigenvalue weighted by Gasteiger charge is -2.21. The van der Waals surface area contributed by atoms with Crippen molar-refractivity contribution in [2.45, 2.75) is 39.5 Å². The molecule has 0 fully saturated rings. The van der Waals surface area contributed by atoms with Crippen LogP contribution in [-0.4, -0.2) is 49.7 Å². The molecule has 0 spiro atoms. The highest BCUT2D eigenvalue weighted by molar-refractivity contribution is 7.12. The summed E-state index contributed by atoms with van der Waals surface area (Å²) in [7, 11) is 0. The van der Waals surface area contributed by atoms with E-state index in [4.69, 9.17) is 9.47 Å². The summed E-state index contributed by atoms with van der Waals surface area (Å²) in [6, 6.07) is 3.66. The Morgan fingerprint density at radius 3 is 2.61 bits per heavy atom. The summed E-state index contributed by atoms with van der Waals surface area (Å²) in [6.07, 6.45) is 3.16. The van der Waals surface area contributed by atoms with Crippen LogP contribution in [0, 0.1) is 0 Å². The van der Waals surface area contributed by atoms with E-state index in [9.17, 15) is 9.59 Å². The Hall–Kier alpha value is -1.40. The van der Waals surface area contributed by atoms with Gasteiger partial charge in [-0.3, -0.25) is 9.59 Å². The maximum Gasteiger partial charge on any atom is 0.307 e. The summed E-state index contributed by atoms with van der Waals surface area (Å²) in [5.74, 6) is -0.298. The van der Waals surface area contributed by atoms with Gasteiger partial charge in [0.05, 0.1) is 17.9 Å². The number of hydrogen-bond donors (Lipinski definition) is 0. The number of unbranched alkanes of at least 4 members (excludes halogenated alkanes) is 1. The summed E-state index contributed by atoms with van der Waals surface area (Å²) < 4.78 is 10.5. The van der Waals surface area contributed by atoms with Gasteiger partial charge in [-0.1, -0.05) is 19.4 Å². The molecule has 0 bridgehead atoms. The van der Waals surface area contributed by atoms with Crippen LogP contribution in [0.3, 0.4) is 0 Å². The largest absolute Gasteiger partial charge is 0.466 e. The quantitative estimate of drug-likeness (QED) is 0.432. The minimum absolute atomic E-state index is 0.0298. The minimum atomic E-state index is -0.268. The molecule has 0 atom stereocenters. The van der Waals surface area contributed by atoms with Crippen LogP contribution in [0.2, 0.25) is 0 Å². The Bertz CT molecular complexity index is 447. The van der Waals surface area contributed by atoms with Crippen LogP contribution in [0.1, 0.15) is 49.2 Å². The molecular formula is C17H27NO4S. The van der Waals surface area contributed by atoms with E-state index in [1.165, 1.54) is 11.3 Å². The van der Waals surface area contributed by atoms with Crippen molar-refractivity contribution in [3.05, 3.63) is 22.4 Å². The van der Waals surface area contributed by atoms with Crippen molar-refractivity contribution in [3.8, 4) is 0 Å². The van der Waals surface area contributed by atoms with Crippen molar-refractivity contribution >= 4 is 23.2 Å². The maximum atomic E-state index is 12.5. The van der Waals surface area contributed by atoms with Gasteiger partial charge in [0.1, 0.15) is 0 Å². The summed E-state index contributed by atoms with van der Waals surface area (Å²) in [5, 5.41) is 1.88. The number of carbonyl (C=O) groups excluding carboxylic acids is 2. The lowest BCUT2D eigenvalue weighted by molar-refractivity contribution is -0.143. The fourth-order valence-electron chi connectivity index (χ4n) is 2.04. The number of rotatable bonds is 12. The third kappa shape index (κ3) is 8.13. The smallest absolute Gasteiger partial charge is 0.307 e. The van der Waals surface area contributed by atoms with Crippen molar-refractivity contribution in [2.75, 3.05) is 32.9 Å². The van der Waals surface area contributed by atoms with Crippen LogP contribution in [0.5, 0.6) is 0 Å². The molecule has 0 saturated carbocycles. The average Bonchev–Trinajstić information content (AvgIpc) is 3.07. The van der Waals surface area contributed by atoms with Crippen LogP contribution < -0.4 is 0 Å². The molecular weight excluding hydrogens is 314 g/mol. The zero-order valence-electron chi connectivity index (χ0n) is 14.1. The predicted octanol–water partition coefficient (Wildman–Crippen LogP) is 3.35. The molecule has 0 N–H and O–H groups in total. The van der Waals surface area contributed by atoms with Crippen LogP contribution in [0.4, 0.5) is 0 Å². The van der Waals surface area contributed by atoms with Crippen LogP contribution >= 0.6 is 11.3 Å². The maximum absolute atomic E-state index is 12.5. The summed E-state index contributed by atoms with van der Waals surface area (Å²) >= 11 is 1.42. The molecule has 0 aliphatic rings. The number of nitrogens with zero attached hydrogens (tertiary/aromatic N) is 1. The minimum Gasteiger partial charge on any atom is -0.466 e. The number of esters is 1. The molecule has 130 valence electrons. The molecule has 0 aliphatic carbocycles. The van der Waals surface area contributed by atoms with Gasteiger partial charge < -0.3 is 14.4 Å². The van der Waals surface area contributed by atoms with E-state index in [2.05, 4.69) is 6.92 Å². The van der Waals surface area contributed by atoms with Crippen LogP contribution in [0.15, 0.2) is 17.5 Å². The van der Waals surface area contributed by atoms with Gasteiger partial charge in [0.2, 0.25) is 0 Å². The fourth-order valence-corrected chi connectivity index (χ4v) is 2.73. The zero-order valence-corrected chi connectivity index (χ0v) is 14.9. The van der Waals surface area contributed by atoms with Gasteiger partial charge in [-0.2, -0.15) is 0 Å². The van der Waals surface area contributed by atoms with Crippen molar-refractivity contribution < 1.29 is 19.1 Å². The molecule has 0 unspecified atom stereocenters. The lowest BCUT2D eigenvalue weighted by Crippen LogP contribution is -2.34. The molecule has 0 saturated heterocycles. The number of ether oxygens (including phenoxy) is 2. The van der Waals surface area contributed by atoms with E-state index in [1.54, 1.807) is 11.8 Å². The van der Waals surface area contributed by atoms with Crippen molar-refractivity contribution in [1.29, 1.82) is 0 Å². The molecule has 5 nitrogen and oxygen atoms in total. The second kappa shape index (κ2) is 12.1. The second-order valence-corrected chi connectivity index (χ2v) is 6.09. The van der Waals surface area contributed by atoms with Gasteiger partial charge in [0.25, 0.3) is 5.91 Å². The van der Waals surface area contributed by atoms with Gasteiger partial charge in [-0.05, 0) is 31.2 Å². The Morgan fingerprint density at radius 2 is 1.96 bits per heavy atom. The first-order chi connectivity index (χ1) is 11.2. The Balaban J connectivity index is 2.44. The van der Waals surface area contributed by atoms with Crippen LogP contribution in [-0.2, 0) is 14.3 Å². The molecule has 1 heterocycles. The van der Waals surface area contributed by atoms with Crippen molar-refractivity contribution in [1.82, 2.24) is 4.90 Å². The third-order valence-corrected chi connectivity index (χ3v) is 4.13. The molecule has 0 aliphatic heterocycles. The number of carbonyl (C=O) groups is 2. The highest BCUT2D eigenvalue weighted by Gasteiger charge is 2.17. The number of thiophene rings is 1. The third-order valence-electron chi connectivity index (χ3n) is 3.27. The topological polar surface area (TPSA) is 55.8 Å². The molecule has 1 amide bonds. The Morgan fingerprint density at radius 1 is 1.17 bits per heavy atom. The standard InChI is InChI=1S/C17H27NO4S/c1-3-5-12-21-13-7-10-18(11-9-16(19)22-4-2)17(20)15-8-6-14-23-15/h6,8,14H,3-5,7,9-13H2,1-2H3. The predicted molar refractivity (Wildman–Crippen MR) is 91.8 cm³/mol. The van der Waals surface area contributed by atoms with Gasteiger partial charge in [-0.15, -0.1) is 11.3 Å². The highest BCUT2D eigenvalue weighted by Crippen LogP contribution is 2.13. The van der Waals surface area contributed by atoms with E-state index in [0.29, 0.717) is 31.2 Å². The Kier molecular flexibility index (Phi) is 10.3. The fraction of sp³-hybridized carbons (Fsp3) is 0.647. The second-order valence-electron chi connectivity index (χ2n) is 5.14. The Labute approximate surface area is 142 Å². The molecule has 6 heteroatoms. The molecule has 0 aromatic carbocycles. The number of hydrogen-bond acceptors (Lipinski definition) is 5. The van der Waals surface area contributed by atoms with Gasteiger partial charge in [-0.25, -0.2) is 0 Å². The first-order valence-electron chi connectivity index (χ1n) is 8.25. The molecule has 23 heavy (non-hydrogen) atoms.